The predicted molar refractivity (Wildman–Crippen MR) is 113 cm³/mol. The molecule has 1 fully saturated rings. The van der Waals surface area contributed by atoms with Gasteiger partial charge in [0.05, 0.1) is 12.0 Å². The van der Waals surface area contributed by atoms with Crippen molar-refractivity contribution in [3.05, 3.63) is 59.2 Å². The molecule has 1 heterocycles. The van der Waals surface area contributed by atoms with Crippen molar-refractivity contribution in [2.75, 3.05) is 27.2 Å². The normalized spacial score (nSPS) is 15.1. The average Bonchev–Trinajstić information content (AvgIpc) is 2.74. The number of nitrogens with zero attached hydrogens (tertiary/aromatic N) is 2. The third kappa shape index (κ3) is 4.79. The highest BCUT2D eigenvalue weighted by Crippen LogP contribution is 2.24. The van der Waals surface area contributed by atoms with Crippen LogP contribution in [0.2, 0.25) is 0 Å². The first-order valence-corrected chi connectivity index (χ1v) is 11.3. The molecule has 0 aromatic heterocycles. The van der Waals surface area contributed by atoms with E-state index in [2.05, 4.69) is 0 Å². The lowest BCUT2D eigenvalue weighted by atomic mass is 10.1. The number of benzene rings is 2. The number of hydrogen-bond acceptors (Lipinski definition) is 4. The van der Waals surface area contributed by atoms with Gasteiger partial charge >= 0.3 is 0 Å². The molecule has 156 valence electrons. The van der Waals surface area contributed by atoms with E-state index in [1.54, 1.807) is 31.2 Å². The number of rotatable bonds is 6. The summed E-state index contributed by atoms with van der Waals surface area (Å²) < 4.78 is 32.7. The molecule has 1 aliphatic heterocycles. The summed E-state index contributed by atoms with van der Waals surface area (Å²) in [6, 6.07) is 12.4. The number of aryl methyl sites for hydroxylation is 1. The maximum absolute atomic E-state index is 13.0. The third-order valence-electron chi connectivity index (χ3n) is 5.32. The standard InChI is InChI=1S/C22H28N2O4S/c1-17-7-12-20(29(26,27)24-13-5-4-6-14-24)15-21(17)22(25)23(2)16-18-8-10-19(28-3)11-9-18/h7-12,15H,4-6,13-14,16H2,1-3H3. The molecule has 1 saturated heterocycles. The highest BCUT2D eigenvalue weighted by atomic mass is 32.2. The van der Waals surface area contributed by atoms with E-state index in [1.165, 1.54) is 10.4 Å². The van der Waals surface area contributed by atoms with E-state index >= 15 is 0 Å². The monoisotopic (exact) mass is 416 g/mol. The van der Waals surface area contributed by atoms with Crippen molar-refractivity contribution >= 4 is 15.9 Å². The fraction of sp³-hybridized carbons (Fsp3) is 0.409. The number of carbonyl (C=O) groups is 1. The molecule has 0 N–H and O–H groups in total. The van der Waals surface area contributed by atoms with Gasteiger partial charge in [-0.3, -0.25) is 4.79 Å². The van der Waals surface area contributed by atoms with Crippen LogP contribution in [0, 0.1) is 6.92 Å². The van der Waals surface area contributed by atoms with Crippen molar-refractivity contribution in [2.45, 2.75) is 37.6 Å². The van der Waals surface area contributed by atoms with E-state index < -0.39 is 10.0 Å². The molecule has 2 aromatic rings. The van der Waals surface area contributed by atoms with E-state index in [9.17, 15) is 13.2 Å². The number of methoxy groups -OCH3 is 1. The van der Waals surface area contributed by atoms with E-state index in [1.807, 2.05) is 31.2 Å². The highest BCUT2D eigenvalue weighted by molar-refractivity contribution is 7.89. The molecule has 0 unspecified atom stereocenters. The van der Waals surface area contributed by atoms with Crippen LogP contribution in [0.5, 0.6) is 5.75 Å². The highest BCUT2D eigenvalue weighted by Gasteiger charge is 2.27. The molecular formula is C22H28N2O4S. The minimum absolute atomic E-state index is 0.186. The van der Waals surface area contributed by atoms with Gasteiger partial charge in [-0.15, -0.1) is 0 Å². The van der Waals surface area contributed by atoms with Crippen LogP contribution in [0.4, 0.5) is 0 Å². The lowest BCUT2D eigenvalue weighted by Gasteiger charge is -2.26. The van der Waals surface area contributed by atoms with Gasteiger partial charge in [0.15, 0.2) is 0 Å². The van der Waals surface area contributed by atoms with Crippen molar-refractivity contribution in [1.82, 2.24) is 9.21 Å². The first-order valence-electron chi connectivity index (χ1n) is 9.82. The minimum atomic E-state index is -3.58. The van der Waals surface area contributed by atoms with E-state index in [-0.39, 0.29) is 10.8 Å². The van der Waals surface area contributed by atoms with Gasteiger partial charge in [0.2, 0.25) is 10.0 Å². The second kappa shape index (κ2) is 8.97. The van der Waals surface area contributed by atoms with E-state index in [4.69, 9.17) is 4.74 Å². The number of carbonyl (C=O) groups excluding carboxylic acids is 1. The SMILES string of the molecule is COc1ccc(CN(C)C(=O)c2cc(S(=O)(=O)N3CCCCC3)ccc2C)cc1. The summed E-state index contributed by atoms with van der Waals surface area (Å²) >= 11 is 0. The lowest BCUT2D eigenvalue weighted by molar-refractivity contribution is 0.0784. The molecule has 0 saturated carbocycles. The van der Waals surface area contributed by atoms with Gasteiger partial charge in [-0.1, -0.05) is 24.6 Å². The fourth-order valence-electron chi connectivity index (χ4n) is 3.53. The molecule has 6 nitrogen and oxygen atoms in total. The van der Waals surface area contributed by atoms with Crippen LogP contribution in [0.3, 0.4) is 0 Å². The Morgan fingerprint density at radius 2 is 1.72 bits per heavy atom. The Labute approximate surface area is 173 Å². The summed E-state index contributed by atoms with van der Waals surface area (Å²) in [5, 5.41) is 0. The van der Waals surface area contributed by atoms with Crippen molar-refractivity contribution in [3.8, 4) is 5.75 Å². The van der Waals surface area contributed by atoms with Crippen LogP contribution in [-0.2, 0) is 16.6 Å². The lowest BCUT2D eigenvalue weighted by Crippen LogP contribution is -2.35. The minimum Gasteiger partial charge on any atom is -0.497 e. The molecule has 1 amide bonds. The Hall–Kier alpha value is -2.38. The first-order chi connectivity index (χ1) is 13.8. The van der Waals surface area contributed by atoms with Gasteiger partial charge in [0.25, 0.3) is 5.91 Å². The Bertz CT molecular complexity index is 965. The maximum Gasteiger partial charge on any atom is 0.254 e. The summed E-state index contributed by atoms with van der Waals surface area (Å²) in [6.07, 6.45) is 2.81. The Morgan fingerprint density at radius 1 is 1.07 bits per heavy atom. The van der Waals surface area contributed by atoms with Crippen LogP contribution in [-0.4, -0.2) is 50.8 Å². The molecule has 0 atom stereocenters. The van der Waals surface area contributed by atoms with Crippen molar-refractivity contribution in [1.29, 1.82) is 0 Å². The van der Waals surface area contributed by atoms with E-state index in [0.717, 1.165) is 36.1 Å². The summed E-state index contributed by atoms with van der Waals surface area (Å²) in [6.45, 7) is 3.32. The summed E-state index contributed by atoms with van der Waals surface area (Å²) in [4.78, 5) is 14.8. The van der Waals surface area contributed by atoms with Crippen molar-refractivity contribution in [2.24, 2.45) is 0 Å². The molecule has 7 heteroatoms. The Morgan fingerprint density at radius 3 is 2.34 bits per heavy atom. The summed E-state index contributed by atoms with van der Waals surface area (Å²) in [5.74, 6) is 0.559. The predicted octanol–water partition coefficient (Wildman–Crippen LogP) is 3.45. The zero-order valence-electron chi connectivity index (χ0n) is 17.2. The molecular weight excluding hydrogens is 388 g/mol. The zero-order valence-corrected chi connectivity index (χ0v) is 18.0. The van der Waals surface area contributed by atoms with Crippen LogP contribution < -0.4 is 4.74 Å². The average molecular weight is 417 g/mol. The van der Waals surface area contributed by atoms with Crippen molar-refractivity contribution in [3.63, 3.8) is 0 Å². The fourth-order valence-corrected chi connectivity index (χ4v) is 5.07. The quantitative estimate of drug-likeness (QED) is 0.723. The van der Waals surface area contributed by atoms with Crippen LogP contribution in [0.1, 0.15) is 40.7 Å². The number of ether oxygens (including phenoxy) is 1. The number of hydrogen-bond donors (Lipinski definition) is 0. The molecule has 1 aliphatic rings. The number of amides is 1. The van der Waals surface area contributed by atoms with Gasteiger partial charge in [0, 0.05) is 32.2 Å². The summed E-state index contributed by atoms with van der Waals surface area (Å²) in [5.41, 5.74) is 2.14. The second-order valence-corrected chi connectivity index (χ2v) is 9.39. The molecule has 0 radical (unpaired) electrons. The van der Waals surface area contributed by atoms with Gasteiger partial charge in [-0.25, -0.2) is 8.42 Å². The van der Waals surface area contributed by atoms with Gasteiger partial charge in [0.1, 0.15) is 5.75 Å². The molecule has 29 heavy (non-hydrogen) atoms. The second-order valence-electron chi connectivity index (χ2n) is 7.45. The van der Waals surface area contributed by atoms with Gasteiger partial charge in [-0.05, 0) is 55.2 Å². The van der Waals surface area contributed by atoms with Crippen molar-refractivity contribution < 1.29 is 17.9 Å². The van der Waals surface area contributed by atoms with Crippen LogP contribution in [0.15, 0.2) is 47.4 Å². The molecule has 0 spiro atoms. The van der Waals surface area contributed by atoms with Crippen LogP contribution >= 0.6 is 0 Å². The molecule has 3 rings (SSSR count). The largest absolute Gasteiger partial charge is 0.497 e. The van der Waals surface area contributed by atoms with Crippen LogP contribution in [0.25, 0.3) is 0 Å². The number of piperidine rings is 1. The van der Waals surface area contributed by atoms with E-state index in [0.29, 0.717) is 25.2 Å². The topological polar surface area (TPSA) is 66.9 Å². The molecule has 2 aromatic carbocycles. The summed E-state index contributed by atoms with van der Waals surface area (Å²) in [7, 11) is -0.249. The first kappa shape index (κ1) is 21.3. The Balaban J connectivity index is 1.81. The Kier molecular flexibility index (Phi) is 6.59. The molecule has 0 aliphatic carbocycles. The molecule has 0 bridgehead atoms. The van der Waals surface area contributed by atoms with Gasteiger partial charge in [-0.2, -0.15) is 4.31 Å². The van der Waals surface area contributed by atoms with Gasteiger partial charge < -0.3 is 9.64 Å². The zero-order chi connectivity index (χ0) is 21.0. The smallest absolute Gasteiger partial charge is 0.254 e. The third-order valence-corrected chi connectivity index (χ3v) is 7.21. The number of sulfonamides is 1. The maximum atomic E-state index is 13.0.